The van der Waals surface area contributed by atoms with Gasteiger partial charge in [-0.1, -0.05) is 48.0 Å². The zero-order chi connectivity index (χ0) is 17.2. The lowest BCUT2D eigenvalue weighted by molar-refractivity contribution is 0.337. The van der Waals surface area contributed by atoms with E-state index in [-0.39, 0.29) is 5.95 Å². The van der Waals surface area contributed by atoms with Crippen LogP contribution in [0.4, 0.5) is 5.69 Å². The Bertz CT molecular complexity index is 1060. The highest BCUT2D eigenvalue weighted by Crippen LogP contribution is 2.26. The van der Waals surface area contributed by atoms with Crippen molar-refractivity contribution in [3.8, 4) is 17.4 Å². The van der Waals surface area contributed by atoms with Gasteiger partial charge < -0.3 is 9.52 Å². The summed E-state index contributed by atoms with van der Waals surface area (Å²) in [6, 6.07) is 21.8. The van der Waals surface area contributed by atoms with Crippen molar-refractivity contribution in [1.82, 2.24) is 4.98 Å². The summed E-state index contributed by atoms with van der Waals surface area (Å²) in [5.41, 5.74) is 3.06. The number of nitrogens with zero attached hydrogens (tertiary/aromatic N) is 2. The highest BCUT2D eigenvalue weighted by atomic mass is 16.5. The summed E-state index contributed by atoms with van der Waals surface area (Å²) in [5, 5.41) is 12.2. The number of aromatic hydroxyl groups is 1. The molecule has 0 atom stereocenters. The van der Waals surface area contributed by atoms with Gasteiger partial charge in [-0.15, -0.1) is 0 Å². The predicted octanol–water partition coefficient (Wildman–Crippen LogP) is 5.26. The van der Waals surface area contributed by atoms with Gasteiger partial charge in [0.1, 0.15) is 0 Å². The fourth-order valence-corrected chi connectivity index (χ4v) is 2.62. The third-order valence-corrected chi connectivity index (χ3v) is 4.00. The number of aryl methyl sites for hydroxylation is 1. The highest BCUT2D eigenvalue weighted by molar-refractivity contribution is 5.88. The maximum atomic E-state index is 9.98. The first-order valence-corrected chi connectivity index (χ1v) is 7.99. The van der Waals surface area contributed by atoms with E-state index in [4.69, 9.17) is 4.42 Å². The molecular formula is C21H16N2O2. The molecule has 1 heterocycles. The van der Waals surface area contributed by atoms with Gasteiger partial charge >= 0.3 is 5.95 Å². The molecule has 1 aromatic heterocycles. The lowest BCUT2D eigenvalue weighted by Crippen LogP contribution is -1.83. The Hall–Kier alpha value is -3.40. The summed E-state index contributed by atoms with van der Waals surface area (Å²) in [6.07, 6.45) is 1.51. The van der Waals surface area contributed by atoms with Crippen LogP contribution in [0.1, 0.15) is 11.3 Å². The summed E-state index contributed by atoms with van der Waals surface area (Å²) < 4.78 is 5.35. The summed E-state index contributed by atoms with van der Waals surface area (Å²) in [7, 11) is 0. The first kappa shape index (κ1) is 15.1. The predicted molar refractivity (Wildman–Crippen MR) is 99.5 cm³/mol. The number of hydrogen-bond acceptors (Lipinski definition) is 4. The molecule has 0 bridgehead atoms. The van der Waals surface area contributed by atoms with Crippen LogP contribution in [0.5, 0.6) is 5.95 Å². The number of aromatic nitrogens is 1. The second-order valence-corrected chi connectivity index (χ2v) is 5.87. The molecule has 0 radical (unpaired) electrons. The molecule has 0 aliphatic carbocycles. The van der Waals surface area contributed by atoms with Gasteiger partial charge in [-0.25, -0.2) is 4.98 Å². The van der Waals surface area contributed by atoms with Gasteiger partial charge in [-0.3, -0.25) is 4.99 Å². The molecule has 4 nitrogen and oxygen atoms in total. The molecule has 4 heteroatoms. The van der Waals surface area contributed by atoms with Crippen LogP contribution in [0.15, 0.2) is 76.1 Å². The first-order chi connectivity index (χ1) is 12.2. The molecule has 0 spiro atoms. The Morgan fingerprint density at radius 3 is 2.52 bits per heavy atom. The van der Waals surface area contributed by atoms with Gasteiger partial charge in [0.2, 0.25) is 5.89 Å². The van der Waals surface area contributed by atoms with E-state index in [0.29, 0.717) is 11.6 Å². The van der Waals surface area contributed by atoms with Gasteiger partial charge in [-0.2, -0.15) is 0 Å². The van der Waals surface area contributed by atoms with Crippen molar-refractivity contribution >= 4 is 22.7 Å². The fraction of sp³-hybridized carbons (Fsp3) is 0.0476. The van der Waals surface area contributed by atoms with Gasteiger partial charge in [0, 0.05) is 5.56 Å². The van der Waals surface area contributed by atoms with Gasteiger partial charge in [0.05, 0.1) is 11.9 Å². The standard InChI is InChI=1S/C21H16N2O2/c1-14-6-8-16(9-7-14)20-23-19(21(24)25-20)13-22-18-11-10-15-4-2-3-5-17(15)12-18/h2-13,24H,1H3. The van der Waals surface area contributed by atoms with Crippen molar-refractivity contribution in [3.63, 3.8) is 0 Å². The van der Waals surface area contributed by atoms with Crippen LogP contribution in [-0.2, 0) is 0 Å². The normalized spacial score (nSPS) is 11.4. The zero-order valence-electron chi connectivity index (χ0n) is 13.7. The van der Waals surface area contributed by atoms with Crippen LogP contribution in [0.2, 0.25) is 0 Å². The Kier molecular flexibility index (Phi) is 3.78. The molecule has 0 aliphatic rings. The molecule has 0 aliphatic heterocycles. The van der Waals surface area contributed by atoms with E-state index in [0.717, 1.165) is 27.6 Å². The number of aliphatic imine (C=N–C) groups is 1. The van der Waals surface area contributed by atoms with Gasteiger partial charge in [0.15, 0.2) is 5.69 Å². The Morgan fingerprint density at radius 2 is 1.72 bits per heavy atom. The fourth-order valence-electron chi connectivity index (χ4n) is 2.62. The number of fused-ring (bicyclic) bond motifs is 1. The average Bonchev–Trinajstić information content (AvgIpc) is 3.01. The third kappa shape index (κ3) is 3.15. The lowest BCUT2D eigenvalue weighted by Gasteiger charge is -1.98. The van der Waals surface area contributed by atoms with Crippen molar-refractivity contribution in [1.29, 1.82) is 0 Å². The zero-order valence-corrected chi connectivity index (χ0v) is 13.7. The molecule has 0 saturated carbocycles. The van der Waals surface area contributed by atoms with E-state index in [1.165, 1.54) is 6.21 Å². The second-order valence-electron chi connectivity index (χ2n) is 5.87. The maximum Gasteiger partial charge on any atom is 0.312 e. The summed E-state index contributed by atoms with van der Waals surface area (Å²) in [5.74, 6) is 0.137. The Balaban J connectivity index is 1.63. The molecule has 0 fully saturated rings. The SMILES string of the molecule is Cc1ccc(-c2nc(C=Nc3ccc4ccccc4c3)c(O)o2)cc1. The van der Waals surface area contributed by atoms with Crippen LogP contribution < -0.4 is 0 Å². The van der Waals surface area contributed by atoms with E-state index in [2.05, 4.69) is 16.0 Å². The molecular weight excluding hydrogens is 312 g/mol. The van der Waals surface area contributed by atoms with Crippen molar-refractivity contribution in [2.24, 2.45) is 4.99 Å². The molecule has 122 valence electrons. The van der Waals surface area contributed by atoms with Gasteiger partial charge in [0.25, 0.3) is 0 Å². The first-order valence-electron chi connectivity index (χ1n) is 7.99. The summed E-state index contributed by atoms with van der Waals surface area (Å²) >= 11 is 0. The monoisotopic (exact) mass is 328 g/mol. The smallest absolute Gasteiger partial charge is 0.312 e. The molecule has 0 amide bonds. The largest absolute Gasteiger partial charge is 0.479 e. The van der Waals surface area contributed by atoms with Crippen LogP contribution in [0, 0.1) is 6.92 Å². The molecule has 0 unspecified atom stereocenters. The topological polar surface area (TPSA) is 58.6 Å². The van der Waals surface area contributed by atoms with Crippen molar-refractivity contribution < 1.29 is 9.52 Å². The van der Waals surface area contributed by atoms with Crippen LogP contribution in [-0.4, -0.2) is 16.3 Å². The van der Waals surface area contributed by atoms with E-state index in [1.54, 1.807) is 0 Å². The molecule has 1 N–H and O–H groups in total. The molecule has 3 aromatic carbocycles. The van der Waals surface area contributed by atoms with Gasteiger partial charge in [-0.05, 0) is 42.0 Å². The molecule has 0 saturated heterocycles. The van der Waals surface area contributed by atoms with E-state index < -0.39 is 0 Å². The third-order valence-electron chi connectivity index (χ3n) is 4.00. The minimum atomic E-state index is -0.236. The number of hydrogen-bond donors (Lipinski definition) is 1. The Morgan fingerprint density at radius 1 is 0.960 bits per heavy atom. The number of rotatable bonds is 3. The lowest BCUT2D eigenvalue weighted by atomic mass is 10.1. The van der Waals surface area contributed by atoms with E-state index in [1.807, 2.05) is 67.6 Å². The minimum absolute atomic E-state index is 0.236. The maximum absolute atomic E-state index is 9.98. The molecule has 4 rings (SSSR count). The van der Waals surface area contributed by atoms with E-state index >= 15 is 0 Å². The highest BCUT2D eigenvalue weighted by Gasteiger charge is 2.12. The van der Waals surface area contributed by atoms with Crippen molar-refractivity contribution in [2.45, 2.75) is 6.92 Å². The van der Waals surface area contributed by atoms with Crippen LogP contribution in [0.3, 0.4) is 0 Å². The average molecular weight is 328 g/mol. The number of oxazole rings is 1. The Labute approximate surface area is 145 Å². The summed E-state index contributed by atoms with van der Waals surface area (Å²) in [4.78, 5) is 8.72. The van der Waals surface area contributed by atoms with Crippen molar-refractivity contribution in [2.75, 3.05) is 0 Å². The number of benzene rings is 3. The van der Waals surface area contributed by atoms with Crippen LogP contribution >= 0.6 is 0 Å². The van der Waals surface area contributed by atoms with Crippen molar-refractivity contribution in [3.05, 3.63) is 78.0 Å². The second kappa shape index (κ2) is 6.24. The van der Waals surface area contributed by atoms with E-state index in [9.17, 15) is 5.11 Å². The quantitative estimate of drug-likeness (QED) is 0.522. The van der Waals surface area contributed by atoms with Crippen LogP contribution in [0.25, 0.3) is 22.2 Å². The molecule has 4 aromatic rings. The molecule has 25 heavy (non-hydrogen) atoms. The minimum Gasteiger partial charge on any atom is -0.479 e. The summed E-state index contributed by atoms with van der Waals surface area (Å²) in [6.45, 7) is 2.01.